The van der Waals surface area contributed by atoms with Crippen molar-refractivity contribution in [3.8, 4) is 16.5 Å². The van der Waals surface area contributed by atoms with E-state index in [0.717, 1.165) is 10.4 Å². The quantitative estimate of drug-likeness (QED) is 0.284. The summed E-state index contributed by atoms with van der Waals surface area (Å²) in [6.07, 6.45) is 1.63. The number of nitrogens with one attached hydrogen (secondary N) is 1. The molecule has 1 N–H and O–H groups in total. The Kier molecular flexibility index (Phi) is 5.88. The Balaban J connectivity index is 2.00. The second-order valence-electron chi connectivity index (χ2n) is 5.13. The maximum Gasteiger partial charge on any atom is 0.263 e. The van der Waals surface area contributed by atoms with E-state index in [1.807, 2.05) is 29.0 Å². The number of carbonyl (C=O) groups excluding carboxylic acids is 1. The molecule has 3 aromatic rings. The fourth-order valence-corrected chi connectivity index (χ4v) is 4.98. The Morgan fingerprint density at radius 2 is 2.35 bits per heavy atom. The first-order chi connectivity index (χ1) is 12.7. The molecule has 0 saturated heterocycles. The topological polar surface area (TPSA) is 87.8 Å². The minimum absolute atomic E-state index is 0.0413. The Morgan fingerprint density at radius 3 is 3.04 bits per heavy atom. The lowest BCUT2D eigenvalue weighted by Gasteiger charge is -2.10. The average molecular weight is 403 g/mol. The minimum atomic E-state index is -0.276. The van der Waals surface area contributed by atoms with Crippen LogP contribution in [0.2, 0.25) is 0 Å². The first-order valence-corrected chi connectivity index (χ1v) is 10.3. The van der Waals surface area contributed by atoms with Crippen LogP contribution in [0.4, 0.5) is 0 Å². The molecule has 26 heavy (non-hydrogen) atoms. The monoisotopic (exact) mass is 402 g/mol. The van der Waals surface area contributed by atoms with Crippen molar-refractivity contribution in [2.75, 3.05) is 12.3 Å². The first-order valence-electron chi connectivity index (χ1n) is 7.59. The number of amides is 1. The first kappa shape index (κ1) is 18.4. The zero-order valence-corrected chi connectivity index (χ0v) is 16.0. The number of allylic oxidation sites excluding steroid dienone is 1. The Labute approximate surface area is 161 Å². The number of hydrogen-bond acceptors (Lipinski definition) is 7. The lowest BCUT2D eigenvalue weighted by molar-refractivity contribution is -0.118. The van der Waals surface area contributed by atoms with E-state index in [-0.39, 0.29) is 23.8 Å². The number of fused-ring (bicyclic) bond motifs is 1. The van der Waals surface area contributed by atoms with Crippen molar-refractivity contribution in [1.29, 1.82) is 5.26 Å². The Hall–Kier alpha value is -2.41. The molecule has 3 aromatic heterocycles. The second kappa shape index (κ2) is 8.31. The molecule has 0 aliphatic heterocycles. The van der Waals surface area contributed by atoms with Gasteiger partial charge in [0, 0.05) is 22.4 Å². The van der Waals surface area contributed by atoms with E-state index in [1.54, 1.807) is 17.4 Å². The number of rotatable bonds is 7. The molecule has 3 rings (SSSR count). The summed E-state index contributed by atoms with van der Waals surface area (Å²) in [7, 11) is 0. The van der Waals surface area contributed by atoms with Gasteiger partial charge in [0.25, 0.3) is 5.56 Å². The Bertz CT molecular complexity index is 1040. The molecule has 0 aliphatic carbocycles. The summed E-state index contributed by atoms with van der Waals surface area (Å²) in [6.45, 7) is 3.97. The van der Waals surface area contributed by atoms with Crippen LogP contribution < -0.4 is 10.9 Å². The summed E-state index contributed by atoms with van der Waals surface area (Å²) in [5, 5.41) is 16.0. The largest absolute Gasteiger partial charge is 0.342 e. The van der Waals surface area contributed by atoms with Crippen molar-refractivity contribution >= 4 is 50.6 Å². The summed E-state index contributed by atoms with van der Waals surface area (Å²) in [5.41, 5.74) is 0.748. The molecule has 0 aliphatic rings. The van der Waals surface area contributed by atoms with Crippen LogP contribution in [-0.2, 0) is 11.3 Å². The normalized spacial score (nSPS) is 10.6. The van der Waals surface area contributed by atoms with Gasteiger partial charge in [-0.25, -0.2) is 4.98 Å². The van der Waals surface area contributed by atoms with Crippen LogP contribution in [0.15, 0.2) is 45.5 Å². The van der Waals surface area contributed by atoms with Gasteiger partial charge in [0.05, 0.1) is 17.2 Å². The highest BCUT2D eigenvalue weighted by molar-refractivity contribution is 7.99. The van der Waals surface area contributed by atoms with Crippen molar-refractivity contribution in [3.05, 3.63) is 45.9 Å². The fourth-order valence-electron chi connectivity index (χ4n) is 2.34. The lowest BCUT2D eigenvalue weighted by Crippen LogP contribution is -2.27. The Morgan fingerprint density at radius 1 is 1.50 bits per heavy atom. The van der Waals surface area contributed by atoms with Crippen LogP contribution in [0, 0.1) is 11.3 Å². The molecule has 0 radical (unpaired) electrons. The average Bonchev–Trinajstić information content (AvgIpc) is 3.30. The predicted molar refractivity (Wildman–Crippen MR) is 107 cm³/mol. The molecule has 0 unspecified atom stereocenters. The molecule has 0 spiro atoms. The number of thioether (sulfide) groups is 1. The van der Waals surface area contributed by atoms with Gasteiger partial charge in [0.2, 0.25) is 5.91 Å². The molecule has 9 heteroatoms. The van der Waals surface area contributed by atoms with E-state index in [9.17, 15) is 9.59 Å². The number of aromatic nitrogens is 2. The van der Waals surface area contributed by atoms with E-state index in [2.05, 4.69) is 16.9 Å². The zero-order valence-electron chi connectivity index (χ0n) is 13.6. The number of nitrogens with zero attached hydrogens (tertiary/aromatic N) is 3. The van der Waals surface area contributed by atoms with E-state index in [4.69, 9.17) is 5.26 Å². The summed E-state index contributed by atoms with van der Waals surface area (Å²) in [4.78, 5) is 31.1. The van der Waals surface area contributed by atoms with E-state index < -0.39 is 0 Å². The highest BCUT2D eigenvalue weighted by Gasteiger charge is 2.18. The lowest BCUT2D eigenvalue weighted by atomic mass is 10.2. The SMILES string of the molecule is C=CCn1c(SCC(=O)NCC#N)nc2scc(-c3cccs3)c2c1=O. The van der Waals surface area contributed by atoms with Gasteiger partial charge < -0.3 is 5.32 Å². The van der Waals surface area contributed by atoms with Crippen LogP contribution in [0.25, 0.3) is 20.7 Å². The van der Waals surface area contributed by atoms with Crippen molar-refractivity contribution < 1.29 is 4.79 Å². The molecular weight excluding hydrogens is 388 g/mol. The highest BCUT2D eigenvalue weighted by atomic mass is 32.2. The second-order valence-corrected chi connectivity index (χ2v) is 7.88. The molecule has 0 bridgehead atoms. The van der Waals surface area contributed by atoms with Gasteiger partial charge in [-0.05, 0) is 11.4 Å². The van der Waals surface area contributed by atoms with Crippen molar-refractivity contribution in [2.45, 2.75) is 11.7 Å². The number of thiophene rings is 2. The van der Waals surface area contributed by atoms with Crippen LogP contribution in [0.3, 0.4) is 0 Å². The fraction of sp³-hybridized carbons (Fsp3) is 0.176. The molecule has 6 nitrogen and oxygen atoms in total. The third-order valence-corrected chi connectivity index (χ3v) is 6.21. The number of hydrogen-bond donors (Lipinski definition) is 1. The molecule has 1 amide bonds. The molecule has 0 aromatic carbocycles. The summed E-state index contributed by atoms with van der Waals surface area (Å²) in [5.74, 6) is -0.193. The molecular formula is C17H14N4O2S3. The van der Waals surface area contributed by atoms with Crippen molar-refractivity contribution in [3.63, 3.8) is 0 Å². The van der Waals surface area contributed by atoms with Crippen LogP contribution in [0.5, 0.6) is 0 Å². The summed E-state index contributed by atoms with van der Waals surface area (Å²) >= 11 is 4.16. The van der Waals surface area contributed by atoms with E-state index >= 15 is 0 Å². The van der Waals surface area contributed by atoms with Gasteiger partial charge >= 0.3 is 0 Å². The molecule has 3 heterocycles. The van der Waals surface area contributed by atoms with Crippen molar-refractivity contribution in [1.82, 2.24) is 14.9 Å². The molecule has 132 valence electrons. The maximum absolute atomic E-state index is 13.1. The molecule has 0 fully saturated rings. The van der Waals surface area contributed by atoms with Gasteiger partial charge in [-0.2, -0.15) is 5.26 Å². The maximum atomic E-state index is 13.1. The van der Waals surface area contributed by atoms with Crippen LogP contribution in [0.1, 0.15) is 0 Å². The number of carbonyl (C=O) groups is 1. The van der Waals surface area contributed by atoms with Gasteiger partial charge in [-0.3, -0.25) is 14.2 Å². The smallest absolute Gasteiger partial charge is 0.263 e. The third kappa shape index (κ3) is 3.72. The van der Waals surface area contributed by atoms with Crippen LogP contribution in [-0.4, -0.2) is 27.8 Å². The summed E-state index contributed by atoms with van der Waals surface area (Å²) in [6, 6.07) is 5.78. The van der Waals surface area contributed by atoms with Gasteiger partial charge in [-0.15, -0.1) is 29.3 Å². The van der Waals surface area contributed by atoms with E-state index in [1.165, 1.54) is 27.7 Å². The molecule has 0 atom stereocenters. The van der Waals surface area contributed by atoms with Gasteiger partial charge in [0.15, 0.2) is 5.16 Å². The predicted octanol–water partition coefficient (Wildman–Crippen LogP) is 3.10. The number of nitriles is 1. The van der Waals surface area contributed by atoms with Gasteiger partial charge in [0.1, 0.15) is 11.4 Å². The standard InChI is InChI=1S/C17H14N4O2S3/c1-2-7-21-16(23)14-11(12-4-3-8-24-12)9-25-15(14)20-17(21)26-10-13(22)19-6-5-18/h2-4,8-9H,1,6-7,10H2,(H,19,22). The summed E-state index contributed by atoms with van der Waals surface area (Å²) < 4.78 is 1.53. The minimum Gasteiger partial charge on any atom is -0.342 e. The zero-order chi connectivity index (χ0) is 18.5. The van der Waals surface area contributed by atoms with Crippen molar-refractivity contribution in [2.24, 2.45) is 0 Å². The third-order valence-electron chi connectivity index (χ3n) is 3.45. The molecule has 0 saturated carbocycles. The van der Waals surface area contributed by atoms with E-state index in [0.29, 0.717) is 21.9 Å². The highest BCUT2D eigenvalue weighted by Crippen LogP contribution is 2.34. The van der Waals surface area contributed by atoms with Crippen LogP contribution >= 0.6 is 34.4 Å². The van der Waals surface area contributed by atoms with Gasteiger partial charge in [-0.1, -0.05) is 23.9 Å².